The van der Waals surface area contributed by atoms with Crippen molar-refractivity contribution in [2.45, 2.75) is 32.1 Å². The maximum atomic E-state index is 11.1. The molecular formula is C12H15NO. The lowest BCUT2D eigenvalue weighted by Gasteiger charge is -2.05. The summed E-state index contributed by atoms with van der Waals surface area (Å²) in [7, 11) is 0. The predicted octanol–water partition coefficient (Wildman–Crippen LogP) is 2.23. The van der Waals surface area contributed by atoms with Gasteiger partial charge in [-0.05, 0) is 48.4 Å². The lowest BCUT2D eigenvalue weighted by Crippen LogP contribution is -2.11. The van der Waals surface area contributed by atoms with Crippen molar-refractivity contribution < 1.29 is 4.79 Å². The first-order valence-electron chi connectivity index (χ1n) is 5.14. The first-order valence-corrected chi connectivity index (χ1v) is 5.14. The standard InChI is InChI=1S/C12H15NO/c1-2-8-5-10(9-3-4-9)7-11(6-8)12(13)14/h5-7,9H,2-4H2,1H3,(H2,13,14). The molecule has 2 heteroatoms. The highest BCUT2D eigenvalue weighted by molar-refractivity contribution is 5.93. The second-order valence-electron chi connectivity index (χ2n) is 3.96. The average Bonchev–Trinajstić information content (AvgIpc) is 3.00. The predicted molar refractivity (Wildman–Crippen MR) is 56.3 cm³/mol. The number of primary amides is 1. The number of aryl methyl sites for hydroxylation is 1. The highest BCUT2D eigenvalue weighted by Gasteiger charge is 2.24. The van der Waals surface area contributed by atoms with E-state index in [4.69, 9.17) is 5.73 Å². The Morgan fingerprint density at radius 2 is 2.14 bits per heavy atom. The van der Waals surface area contributed by atoms with Crippen LogP contribution in [0, 0.1) is 0 Å². The normalized spacial score (nSPS) is 15.5. The summed E-state index contributed by atoms with van der Waals surface area (Å²) in [5.41, 5.74) is 8.45. The number of benzene rings is 1. The van der Waals surface area contributed by atoms with E-state index in [-0.39, 0.29) is 5.91 Å². The minimum atomic E-state index is -0.317. The number of amides is 1. The Kier molecular flexibility index (Phi) is 2.28. The van der Waals surface area contributed by atoms with Crippen LogP contribution in [0.15, 0.2) is 18.2 Å². The lowest BCUT2D eigenvalue weighted by molar-refractivity contribution is 0.1000. The molecule has 0 unspecified atom stereocenters. The number of hydrogen-bond acceptors (Lipinski definition) is 1. The van der Waals surface area contributed by atoms with Gasteiger partial charge in [0.2, 0.25) is 5.91 Å². The molecule has 74 valence electrons. The molecule has 1 aromatic carbocycles. The Morgan fingerprint density at radius 3 is 2.64 bits per heavy atom. The monoisotopic (exact) mass is 189 g/mol. The Hall–Kier alpha value is -1.31. The zero-order chi connectivity index (χ0) is 10.1. The molecule has 0 saturated heterocycles. The topological polar surface area (TPSA) is 43.1 Å². The van der Waals surface area contributed by atoms with Gasteiger partial charge in [-0.1, -0.05) is 13.0 Å². The summed E-state index contributed by atoms with van der Waals surface area (Å²) in [5.74, 6) is 0.363. The summed E-state index contributed by atoms with van der Waals surface area (Å²) in [6.07, 6.45) is 3.47. The van der Waals surface area contributed by atoms with Crippen LogP contribution in [0.3, 0.4) is 0 Å². The average molecular weight is 189 g/mol. The van der Waals surface area contributed by atoms with E-state index in [1.807, 2.05) is 12.1 Å². The molecule has 2 N–H and O–H groups in total. The van der Waals surface area contributed by atoms with Crippen molar-refractivity contribution in [2.75, 3.05) is 0 Å². The fourth-order valence-corrected chi connectivity index (χ4v) is 1.72. The third-order valence-corrected chi connectivity index (χ3v) is 2.76. The van der Waals surface area contributed by atoms with E-state index < -0.39 is 0 Å². The van der Waals surface area contributed by atoms with Crippen molar-refractivity contribution in [3.05, 3.63) is 34.9 Å². The third-order valence-electron chi connectivity index (χ3n) is 2.76. The second kappa shape index (κ2) is 3.45. The maximum Gasteiger partial charge on any atom is 0.248 e. The van der Waals surface area contributed by atoms with Gasteiger partial charge in [-0.15, -0.1) is 0 Å². The van der Waals surface area contributed by atoms with Crippen LogP contribution in [-0.4, -0.2) is 5.91 Å². The molecule has 1 aromatic rings. The van der Waals surface area contributed by atoms with E-state index in [1.165, 1.54) is 24.0 Å². The van der Waals surface area contributed by atoms with Gasteiger partial charge >= 0.3 is 0 Å². The molecule has 0 aromatic heterocycles. The molecule has 1 fully saturated rings. The molecule has 14 heavy (non-hydrogen) atoms. The van der Waals surface area contributed by atoms with Crippen molar-refractivity contribution in [2.24, 2.45) is 5.73 Å². The molecule has 1 aliphatic carbocycles. The molecule has 1 amide bonds. The van der Waals surface area contributed by atoms with Gasteiger partial charge in [-0.3, -0.25) is 4.79 Å². The molecule has 1 aliphatic rings. The van der Waals surface area contributed by atoms with Gasteiger partial charge in [-0.25, -0.2) is 0 Å². The first kappa shape index (κ1) is 9.25. The number of carbonyl (C=O) groups is 1. The molecule has 1 saturated carbocycles. The van der Waals surface area contributed by atoms with Crippen LogP contribution in [0.1, 0.15) is 47.2 Å². The van der Waals surface area contributed by atoms with E-state index >= 15 is 0 Å². The van der Waals surface area contributed by atoms with Crippen LogP contribution in [-0.2, 0) is 6.42 Å². The highest BCUT2D eigenvalue weighted by Crippen LogP contribution is 2.40. The Bertz CT molecular complexity index is 367. The zero-order valence-electron chi connectivity index (χ0n) is 8.42. The van der Waals surface area contributed by atoms with Gasteiger partial charge in [-0.2, -0.15) is 0 Å². The Labute approximate surface area is 84.1 Å². The molecule has 2 rings (SSSR count). The van der Waals surface area contributed by atoms with Crippen molar-refractivity contribution in [1.29, 1.82) is 0 Å². The summed E-state index contributed by atoms with van der Waals surface area (Å²) >= 11 is 0. The highest BCUT2D eigenvalue weighted by atomic mass is 16.1. The van der Waals surface area contributed by atoms with Crippen molar-refractivity contribution in [3.8, 4) is 0 Å². The van der Waals surface area contributed by atoms with E-state index in [9.17, 15) is 4.79 Å². The van der Waals surface area contributed by atoms with E-state index in [2.05, 4.69) is 13.0 Å². The Balaban J connectivity index is 2.40. The van der Waals surface area contributed by atoms with E-state index in [1.54, 1.807) is 0 Å². The first-order chi connectivity index (χ1) is 6.70. The van der Waals surface area contributed by atoms with Gasteiger partial charge in [0, 0.05) is 5.56 Å². The smallest absolute Gasteiger partial charge is 0.248 e. The maximum absolute atomic E-state index is 11.1. The summed E-state index contributed by atoms with van der Waals surface area (Å²) in [5, 5.41) is 0. The fourth-order valence-electron chi connectivity index (χ4n) is 1.72. The van der Waals surface area contributed by atoms with Gasteiger partial charge in [0.15, 0.2) is 0 Å². The molecular weight excluding hydrogens is 174 g/mol. The van der Waals surface area contributed by atoms with Crippen molar-refractivity contribution in [3.63, 3.8) is 0 Å². The van der Waals surface area contributed by atoms with E-state index in [0.29, 0.717) is 11.5 Å². The van der Waals surface area contributed by atoms with Crippen LogP contribution in [0.4, 0.5) is 0 Å². The number of hydrogen-bond donors (Lipinski definition) is 1. The molecule has 0 spiro atoms. The van der Waals surface area contributed by atoms with Crippen LogP contribution in [0.5, 0.6) is 0 Å². The summed E-state index contributed by atoms with van der Waals surface area (Å²) in [6.45, 7) is 2.09. The van der Waals surface area contributed by atoms with Crippen molar-refractivity contribution >= 4 is 5.91 Å². The lowest BCUT2D eigenvalue weighted by atomic mass is 10.0. The molecule has 0 heterocycles. The van der Waals surface area contributed by atoms with Crippen LogP contribution >= 0.6 is 0 Å². The molecule has 2 nitrogen and oxygen atoms in total. The van der Waals surface area contributed by atoms with Crippen LogP contribution in [0.25, 0.3) is 0 Å². The van der Waals surface area contributed by atoms with Crippen LogP contribution < -0.4 is 5.73 Å². The third kappa shape index (κ3) is 1.79. The summed E-state index contributed by atoms with van der Waals surface area (Å²) in [4.78, 5) is 11.1. The molecule has 0 atom stereocenters. The Morgan fingerprint density at radius 1 is 1.43 bits per heavy atom. The largest absolute Gasteiger partial charge is 0.366 e. The van der Waals surface area contributed by atoms with Gasteiger partial charge in [0.05, 0.1) is 0 Å². The summed E-state index contributed by atoms with van der Waals surface area (Å²) in [6, 6.07) is 6.04. The molecule has 0 bridgehead atoms. The minimum Gasteiger partial charge on any atom is -0.366 e. The zero-order valence-corrected chi connectivity index (χ0v) is 8.42. The fraction of sp³-hybridized carbons (Fsp3) is 0.417. The van der Waals surface area contributed by atoms with E-state index in [0.717, 1.165) is 6.42 Å². The molecule has 0 aliphatic heterocycles. The van der Waals surface area contributed by atoms with Crippen molar-refractivity contribution in [1.82, 2.24) is 0 Å². The SMILES string of the molecule is CCc1cc(C(N)=O)cc(C2CC2)c1. The quantitative estimate of drug-likeness (QED) is 0.778. The number of nitrogens with two attached hydrogens (primary N) is 1. The second-order valence-corrected chi connectivity index (χ2v) is 3.96. The summed E-state index contributed by atoms with van der Waals surface area (Å²) < 4.78 is 0. The number of carbonyl (C=O) groups excluding carboxylic acids is 1. The van der Waals surface area contributed by atoms with Crippen LogP contribution in [0.2, 0.25) is 0 Å². The number of rotatable bonds is 3. The van der Waals surface area contributed by atoms with Gasteiger partial charge in [0.1, 0.15) is 0 Å². The van der Waals surface area contributed by atoms with Gasteiger partial charge in [0.25, 0.3) is 0 Å². The molecule has 0 radical (unpaired) electrons. The minimum absolute atomic E-state index is 0.317. The van der Waals surface area contributed by atoms with Gasteiger partial charge < -0.3 is 5.73 Å².